The van der Waals surface area contributed by atoms with Crippen molar-refractivity contribution in [2.45, 2.75) is 25.4 Å². The van der Waals surface area contributed by atoms with Crippen LogP contribution in [0.4, 0.5) is 27.8 Å². The van der Waals surface area contributed by atoms with E-state index in [4.69, 9.17) is 16.2 Å². The molecule has 2 aromatic heterocycles. The second kappa shape index (κ2) is 10.4. The summed E-state index contributed by atoms with van der Waals surface area (Å²) in [6, 6.07) is 5.36. The second-order valence-electron chi connectivity index (χ2n) is 8.14. The first-order chi connectivity index (χ1) is 18.0. The van der Waals surface area contributed by atoms with Gasteiger partial charge in [0.2, 0.25) is 0 Å². The lowest BCUT2D eigenvalue weighted by Crippen LogP contribution is -2.27. The van der Waals surface area contributed by atoms with E-state index in [2.05, 4.69) is 15.4 Å². The molecule has 0 fully saturated rings. The number of nitrogens with one attached hydrogen (secondary N) is 2. The van der Waals surface area contributed by atoms with E-state index in [-0.39, 0.29) is 33.8 Å². The summed E-state index contributed by atoms with van der Waals surface area (Å²) in [6.45, 7) is -0.0338. The number of halogens is 5. The highest BCUT2D eigenvalue weighted by Crippen LogP contribution is 2.37. The molecule has 0 aliphatic rings. The number of aromatic nitrogens is 3. The average Bonchev–Trinajstić information content (AvgIpc) is 3.47. The Labute approximate surface area is 211 Å². The third kappa shape index (κ3) is 4.71. The van der Waals surface area contributed by atoms with E-state index in [1.54, 1.807) is 6.07 Å². The highest BCUT2D eigenvalue weighted by molar-refractivity contribution is 6.07. The van der Waals surface area contributed by atoms with Crippen LogP contribution in [-0.4, -0.2) is 46.5 Å². The molecule has 0 spiro atoms. The van der Waals surface area contributed by atoms with Crippen molar-refractivity contribution < 1.29 is 36.3 Å². The smallest absolute Gasteiger partial charge is 0.266 e. The quantitative estimate of drug-likeness (QED) is 0.241. The van der Waals surface area contributed by atoms with Gasteiger partial charge in [-0.05, 0) is 29.8 Å². The first-order valence-corrected chi connectivity index (χ1v) is 11.0. The molecule has 0 unspecified atom stereocenters. The van der Waals surface area contributed by atoms with Crippen LogP contribution in [0.3, 0.4) is 0 Å². The standard InChI is InChI=1S/C24H21F5N6O3/c1-38-15-5-3-11(25)8-14(15)24(37)33-9-10-2-4-12(13-6-7-32-17(10)13)18-16(23(31)36)22(30)35(34-18)19(20(26)27)21(28)29/h2-8,19-21,32H,9,30H2,1H3,(H2,31,36)(H,33,37). The number of carbonyl (C=O) groups excluding carboxylic acids is 2. The summed E-state index contributed by atoms with van der Waals surface area (Å²) in [4.78, 5) is 27.8. The molecular weight excluding hydrogens is 515 g/mol. The number of alkyl halides is 4. The number of nitrogens with zero attached hydrogens (tertiary/aromatic N) is 2. The number of hydrogen-bond donors (Lipinski definition) is 4. The zero-order valence-electron chi connectivity index (χ0n) is 19.6. The number of aromatic amines is 1. The number of methoxy groups -OCH3 is 1. The normalized spacial score (nSPS) is 11.6. The monoisotopic (exact) mass is 536 g/mol. The van der Waals surface area contributed by atoms with Gasteiger partial charge in [0, 0.05) is 23.7 Å². The largest absolute Gasteiger partial charge is 0.496 e. The van der Waals surface area contributed by atoms with Crippen LogP contribution in [0.2, 0.25) is 0 Å². The molecule has 6 N–H and O–H groups in total. The van der Waals surface area contributed by atoms with Crippen molar-refractivity contribution in [1.82, 2.24) is 20.1 Å². The molecule has 0 bridgehead atoms. The molecule has 0 atom stereocenters. The van der Waals surface area contributed by atoms with Gasteiger partial charge in [0.1, 0.15) is 28.6 Å². The van der Waals surface area contributed by atoms with Gasteiger partial charge >= 0.3 is 0 Å². The molecule has 0 saturated carbocycles. The van der Waals surface area contributed by atoms with E-state index in [1.807, 2.05) is 0 Å². The molecule has 2 amide bonds. The van der Waals surface area contributed by atoms with Crippen LogP contribution in [-0.2, 0) is 6.54 Å². The average molecular weight is 536 g/mol. The van der Waals surface area contributed by atoms with Gasteiger partial charge in [0.05, 0.1) is 18.2 Å². The molecule has 0 aliphatic carbocycles. The fraction of sp³-hybridized carbons (Fsp3) is 0.208. The molecule has 2 heterocycles. The summed E-state index contributed by atoms with van der Waals surface area (Å²) < 4.78 is 72.5. The topological polar surface area (TPSA) is 141 Å². The van der Waals surface area contributed by atoms with Gasteiger partial charge in [-0.2, -0.15) is 5.10 Å². The lowest BCUT2D eigenvalue weighted by molar-refractivity contribution is -0.0224. The van der Waals surface area contributed by atoms with Crippen LogP contribution < -0.4 is 21.5 Å². The molecule has 2 aromatic carbocycles. The molecule has 4 aromatic rings. The Morgan fingerprint density at radius 2 is 1.84 bits per heavy atom. The molecular formula is C24H21F5N6O3. The maximum atomic E-state index is 13.7. The van der Waals surface area contributed by atoms with E-state index in [1.165, 1.54) is 31.5 Å². The summed E-state index contributed by atoms with van der Waals surface area (Å²) in [6.07, 6.45) is -5.53. The maximum absolute atomic E-state index is 13.7. The first kappa shape index (κ1) is 26.4. The van der Waals surface area contributed by atoms with Gasteiger partial charge in [-0.1, -0.05) is 12.1 Å². The Bertz CT molecular complexity index is 1510. The molecule has 0 radical (unpaired) electrons. The number of amides is 2. The van der Waals surface area contributed by atoms with Gasteiger partial charge in [0.15, 0.2) is 6.04 Å². The molecule has 4 rings (SSSR count). The van der Waals surface area contributed by atoms with Crippen molar-refractivity contribution in [2.24, 2.45) is 5.73 Å². The van der Waals surface area contributed by atoms with Crippen LogP contribution in [0.5, 0.6) is 5.75 Å². The number of anilines is 1. The van der Waals surface area contributed by atoms with Crippen LogP contribution in [0, 0.1) is 5.82 Å². The minimum Gasteiger partial charge on any atom is -0.496 e. The van der Waals surface area contributed by atoms with Gasteiger partial charge < -0.3 is 26.5 Å². The van der Waals surface area contributed by atoms with Crippen molar-refractivity contribution >= 4 is 28.5 Å². The summed E-state index contributed by atoms with van der Waals surface area (Å²) in [5.74, 6) is -2.94. The van der Waals surface area contributed by atoms with Gasteiger partial charge in [0.25, 0.3) is 24.7 Å². The number of H-pyrrole nitrogens is 1. The summed E-state index contributed by atoms with van der Waals surface area (Å²) in [5.41, 5.74) is 11.6. The maximum Gasteiger partial charge on any atom is 0.266 e. The first-order valence-electron chi connectivity index (χ1n) is 11.0. The summed E-state index contributed by atoms with van der Waals surface area (Å²) in [5, 5.41) is 6.91. The second-order valence-corrected chi connectivity index (χ2v) is 8.14. The Kier molecular flexibility index (Phi) is 7.23. The zero-order chi connectivity index (χ0) is 27.7. The number of rotatable bonds is 9. The van der Waals surface area contributed by atoms with E-state index in [0.717, 1.165) is 12.1 Å². The van der Waals surface area contributed by atoms with Crippen molar-refractivity contribution in [3.8, 4) is 17.0 Å². The van der Waals surface area contributed by atoms with Crippen LogP contribution >= 0.6 is 0 Å². The van der Waals surface area contributed by atoms with Crippen molar-refractivity contribution in [1.29, 1.82) is 0 Å². The van der Waals surface area contributed by atoms with Gasteiger partial charge in [-0.15, -0.1) is 0 Å². The lowest BCUT2D eigenvalue weighted by atomic mass is 10.00. The SMILES string of the molecule is COc1ccc(F)cc1C(=O)NCc1ccc(-c2nn(C(C(F)F)C(F)F)c(N)c2C(N)=O)c2cc[nH]c12. The van der Waals surface area contributed by atoms with Gasteiger partial charge in [-0.3, -0.25) is 9.59 Å². The fourth-order valence-corrected chi connectivity index (χ4v) is 4.13. The number of ether oxygens (including phenoxy) is 1. The predicted octanol–water partition coefficient (Wildman–Crippen LogP) is 3.86. The minimum absolute atomic E-state index is 0.0217. The minimum atomic E-state index is -3.53. The van der Waals surface area contributed by atoms with E-state index in [0.29, 0.717) is 16.5 Å². The lowest BCUT2D eigenvalue weighted by Gasteiger charge is -2.16. The van der Waals surface area contributed by atoms with Crippen LogP contribution in [0.1, 0.15) is 32.3 Å². The van der Waals surface area contributed by atoms with Gasteiger partial charge in [-0.25, -0.2) is 26.6 Å². The highest BCUT2D eigenvalue weighted by atomic mass is 19.3. The third-order valence-corrected chi connectivity index (χ3v) is 5.90. The van der Waals surface area contributed by atoms with Crippen LogP contribution in [0.25, 0.3) is 22.2 Å². The molecule has 0 aliphatic heterocycles. The number of nitrogen functional groups attached to an aromatic ring is 1. The van der Waals surface area contributed by atoms with Crippen LogP contribution in [0.15, 0.2) is 42.6 Å². The van der Waals surface area contributed by atoms with Crippen molar-refractivity contribution in [3.05, 3.63) is 65.1 Å². The molecule has 14 heteroatoms. The number of nitrogens with two attached hydrogens (primary N) is 2. The molecule has 9 nitrogen and oxygen atoms in total. The number of benzene rings is 2. The Balaban J connectivity index is 1.73. The molecule has 0 saturated heterocycles. The Hall–Kier alpha value is -4.62. The fourth-order valence-electron chi connectivity index (χ4n) is 4.13. The predicted molar refractivity (Wildman–Crippen MR) is 128 cm³/mol. The van der Waals surface area contributed by atoms with Crippen molar-refractivity contribution in [3.63, 3.8) is 0 Å². The number of carbonyl (C=O) groups is 2. The summed E-state index contributed by atoms with van der Waals surface area (Å²) >= 11 is 0. The summed E-state index contributed by atoms with van der Waals surface area (Å²) in [7, 11) is 1.34. The number of primary amides is 1. The highest BCUT2D eigenvalue weighted by Gasteiger charge is 2.37. The third-order valence-electron chi connectivity index (χ3n) is 5.90. The van der Waals surface area contributed by atoms with E-state index in [9.17, 15) is 31.5 Å². The Morgan fingerprint density at radius 3 is 2.47 bits per heavy atom. The number of fused-ring (bicyclic) bond motifs is 1. The molecule has 200 valence electrons. The van der Waals surface area contributed by atoms with Crippen molar-refractivity contribution in [2.75, 3.05) is 12.8 Å². The van der Waals surface area contributed by atoms with E-state index >= 15 is 0 Å². The Morgan fingerprint density at radius 1 is 1.13 bits per heavy atom. The zero-order valence-corrected chi connectivity index (χ0v) is 19.6. The molecule has 38 heavy (non-hydrogen) atoms. The number of hydrogen-bond acceptors (Lipinski definition) is 5. The van der Waals surface area contributed by atoms with E-state index < -0.39 is 47.9 Å².